The summed E-state index contributed by atoms with van der Waals surface area (Å²) in [7, 11) is -9.90. The summed E-state index contributed by atoms with van der Waals surface area (Å²) >= 11 is 0. The summed E-state index contributed by atoms with van der Waals surface area (Å²) in [5.74, 6) is -0.562. The zero-order valence-corrected chi connectivity index (χ0v) is 61.6. The number of aliphatic hydroxyl groups is 1. The van der Waals surface area contributed by atoms with Crippen molar-refractivity contribution in [3.05, 3.63) is 0 Å². The third kappa shape index (κ3) is 66.7. The fourth-order valence-corrected chi connectivity index (χ4v) is 12.7. The number of hydrogen-bond acceptors (Lipinski definition) is 15. The molecule has 3 N–H and O–H groups in total. The van der Waals surface area contributed by atoms with Crippen molar-refractivity contribution in [3.63, 3.8) is 0 Å². The SMILES string of the molecule is CCCCCCCCCCCCCCCCC(=O)O[C@H](COC(=O)CCCCCCCCCC)COP(=O)(O)OC[C@H](O)COP(=O)(O)OC[C@@H](COC(=O)CCCCCCCCCCCCCCC(C)C)OC(=O)CCCCCCCCCCCCCCC(C)C. The molecule has 17 nitrogen and oxygen atoms in total. The average molecular weight is 1350 g/mol. The Kier molecular flexibility index (Phi) is 63.7. The number of ether oxygens (including phenoxy) is 4. The molecule has 0 aliphatic heterocycles. The third-order valence-electron chi connectivity index (χ3n) is 17.0. The quantitative estimate of drug-likeness (QED) is 0.0222. The zero-order chi connectivity index (χ0) is 67.9. The molecule has 0 aliphatic rings. The van der Waals surface area contributed by atoms with Gasteiger partial charge in [0.05, 0.1) is 26.4 Å². The number of unbranched alkanes of at least 4 members (excludes halogenated alkanes) is 42. The molecular formula is C73H142O17P2. The van der Waals surface area contributed by atoms with Crippen LogP contribution in [0.1, 0.15) is 375 Å². The smallest absolute Gasteiger partial charge is 0.462 e. The van der Waals surface area contributed by atoms with E-state index in [1.807, 2.05) is 0 Å². The molecule has 0 aromatic rings. The molecule has 92 heavy (non-hydrogen) atoms. The lowest BCUT2D eigenvalue weighted by Gasteiger charge is -2.21. The van der Waals surface area contributed by atoms with Gasteiger partial charge in [-0.2, -0.15) is 0 Å². The highest BCUT2D eigenvalue weighted by Gasteiger charge is 2.30. The van der Waals surface area contributed by atoms with Crippen LogP contribution in [0.15, 0.2) is 0 Å². The van der Waals surface area contributed by atoms with E-state index in [-0.39, 0.29) is 25.7 Å². The summed E-state index contributed by atoms with van der Waals surface area (Å²) in [6.45, 7) is 9.58. The monoisotopic (exact) mass is 1350 g/mol. The van der Waals surface area contributed by atoms with Crippen molar-refractivity contribution >= 4 is 39.5 Å². The Morgan fingerprint density at radius 1 is 0.293 bits per heavy atom. The predicted octanol–water partition coefficient (Wildman–Crippen LogP) is 21.2. The van der Waals surface area contributed by atoms with Gasteiger partial charge in [-0.3, -0.25) is 37.3 Å². The van der Waals surface area contributed by atoms with Crippen LogP contribution < -0.4 is 0 Å². The van der Waals surface area contributed by atoms with Gasteiger partial charge in [-0.15, -0.1) is 0 Å². The van der Waals surface area contributed by atoms with Gasteiger partial charge in [-0.05, 0) is 37.5 Å². The first-order chi connectivity index (χ1) is 44.4. The normalized spacial score (nSPS) is 14.1. The maximum absolute atomic E-state index is 13.1. The van der Waals surface area contributed by atoms with Crippen LogP contribution in [0, 0.1) is 11.8 Å². The van der Waals surface area contributed by atoms with E-state index in [0.717, 1.165) is 108 Å². The highest BCUT2D eigenvalue weighted by molar-refractivity contribution is 7.47. The van der Waals surface area contributed by atoms with Crippen molar-refractivity contribution in [1.82, 2.24) is 0 Å². The second-order valence-electron chi connectivity index (χ2n) is 27.3. The standard InChI is InChI=1S/C73H142O17P2/c1-7-9-11-13-15-17-18-19-20-28-33-39-45-51-57-72(77)89-68(61-83-70(75)55-49-43-37-16-14-12-10-8-2)63-87-91(79,80)85-59-67(74)60-86-92(81,82)88-64-69(90-73(78)58-52-46-40-34-29-24-22-26-31-36-42-48-54-66(5)6)62-84-71(76)56-50-44-38-32-27-23-21-25-30-35-41-47-53-65(3)4/h65-69,74H,7-64H2,1-6H3,(H,79,80)(H,81,82)/t67-,68+,69+/m0/s1. The average Bonchev–Trinajstić information content (AvgIpc) is 3.18. The second-order valence-corrected chi connectivity index (χ2v) is 30.2. The van der Waals surface area contributed by atoms with E-state index >= 15 is 0 Å². The highest BCUT2D eigenvalue weighted by atomic mass is 31.2. The molecule has 0 aromatic carbocycles. The third-order valence-corrected chi connectivity index (χ3v) is 18.9. The molecule has 0 aromatic heterocycles. The maximum Gasteiger partial charge on any atom is 0.472 e. The Morgan fingerprint density at radius 2 is 0.500 bits per heavy atom. The van der Waals surface area contributed by atoms with Crippen LogP contribution in [0.5, 0.6) is 0 Å². The van der Waals surface area contributed by atoms with Crippen molar-refractivity contribution in [2.75, 3.05) is 39.6 Å². The highest BCUT2D eigenvalue weighted by Crippen LogP contribution is 2.45. The Morgan fingerprint density at radius 3 is 0.739 bits per heavy atom. The molecule has 5 atom stereocenters. The van der Waals surface area contributed by atoms with Crippen LogP contribution in [-0.2, 0) is 65.4 Å². The maximum atomic E-state index is 13.1. The van der Waals surface area contributed by atoms with E-state index in [4.69, 9.17) is 37.0 Å². The van der Waals surface area contributed by atoms with Gasteiger partial charge < -0.3 is 33.8 Å². The number of esters is 4. The number of rotatable bonds is 72. The predicted molar refractivity (Wildman–Crippen MR) is 372 cm³/mol. The first kappa shape index (κ1) is 90.1. The molecule has 0 heterocycles. The van der Waals surface area contributed by atoms with Crippen LogP contribution in [0.2, 0.25) is 0 Å². The van der Waals surface area contributed by atoms with E-state index in [1.54, 1.807) is 0 Å². The lowest BCUT2D eigenvalue weighted by Crippen LogP contribution is -2.30. The molecule has 0 aliphatic carbocycles. The zero-order valence-electron chi connectivity index (χ0n) is 59.9. The summed E-state index contributed by atoms with van der Waals surface area (Å²) in [4.78, 5) is 72.6. The van der Waals surface area contributed by atoms with Crippen molar-refractivity contribution in [1.29, 1.82) is 0 Å². The first-order valence-corrected chi connectivity index (χ1v) is 41.0. The van der Waals surface area contributed by atoms with E-state index in [1.165, 1.54) is 186 Å². The van der Waals surface area contributed by atoms with Gasteiger partial charge in [0.1, 0.15) is 19.3 Å². The van der Waals surface area contributed by atoms with E-state index < -0.39 is 97.5 Å². The lowest BCUT2D eigenvalue weighted by atomic mass is 10.0. The van der Waals surface area contributed by atoms with Crippen molar-refractivity contribution in [2.45, 2.75) is 394 Å². The molecular weight excluding hydrogens is 1210 g/mol. The minimum absolute atomic E-state index is 0.107. The Labute approximate surface area is 562 Å². The largest absolute Gasteiger partial charge is 0.472 e. The molecule has 0 bridgehead atoms. The molecule has 546 valence electrons. The minimum Gasteiger partial charge on any atom is -0.462 e. The van der Waals surface area contributed by atoms with Gasteiger partial charge in [-0.25, -0.2) is 9.13 Å². The van der Waals surface area contributed by atoms with Gasteiger partial charge in [0.15, 0.2) is 12.2 Å². The van der Waals surface area contributed by atoms with Gasteiger partial charge in [0.25, 0.3) is 0 Å². The minimum atomic E-state index is -4.95. The van der Waals surface area contributed by atoms with Crippen LogP contribution in [0.4, 0.5) is 0 Å². The molecule has 0 fully saturated rings. The first-order valence-electron chi connectivity index (χ1n) is 38.0. The fraction of sp³-hybridized carbons (Fsp3) is 0.945. The second kappa shape index (κ2) is 65.0. The topological polar surface area (TPSA) is 237 Å². The van der Waals surface area contributed by atoms with Gasteiger partial charge in [0, 0.05) is 25.7 Å². The molecule has 0 spiro atoms. The molecule has 0 amide bonds. The van der Waals surface area contributed by atoms with Crippen molar-refractivity contribution < 1.29 is 80.2 Å². The summed E-state index contributed by atoms with van der Waals surface area (Å²) < 4.78 is 68.4. The Balaban J connectivity index is 5.22. The summed E-state index contributed by atoms with van der Waals surface area (Å²) in [5, 5.41) is 10.6. The summed E-state index contributed by atoms with van der Waals surface area (Å²) in [6.07, 6.45) is 51.2. The van der Waals surface area contributed by atoms with E-state index in [0.29, 0.717) is 25.7 Å². The lowest BCUT2D eigenvalue weighted by molar-refractivity contribution is -0.161. The van der Waals surface area contributed by atoms with Crippen LogP contribution in [0.25, 0.3) is 0 Å². The molecule has 2 unspecified atom stereocenters. The molecule has 19 heteroatoms. The summed E-state index contributed by atoms with van der Waals surface area (Å²) in [6, 6.07) is 0. The molecule has 0 saturated carbocycles. The fourth-order valence-electron chi connectivity index (χ4n) is 11.1. The Hall–Kier alpha value is -1.94. The van der Waals surface area contributed by atoms with Crippen molar-refractivity contribution in [3.8, 4) is 0 Å². The van der Waals surface area contributed by atoms with Crippen LogP contribution in [-0.4, -0.2) is 96.7 Å². The Bertz CT molecular complexity index is 1790. The van der Waals surface area contributed by atoms with Crippen LogP contribution in [0.3, 0.4) is 0 Å². The molecule has 0 saturated heterocycles. The van der Waals surface area contributed by atoms with Crippen molar-refractivity contribution in [2.24, 2.45) is 11.8 Å². The number of aliphatic hydroxyl groups excluding tert-OH is 1. The van der Waals surface area contributed by atoms with E-state index in [9.17, 15) is 43.2 Å². The van der Waals surface area contributed by atoms with Gasteiger partial charge in [-0.1, -0.05) is 324 Å². The van der Waals surface area contributed by atoms with E-state index in [2.05, 4.69) is 41.5 Å². The number of carbonyl (C=O) groups is 4. The summed E-state index contributed by atoms with van der Waals surface area (Å²) in [5.41, 5.74) is 0. The van der Waals surface area contributed by atoms with Gasteiger partial charge >= 0.3 is 39.5 Å². The number of hydrogen-bond donors (Lipinski definition) is 3. The van der Waals surface area contributed by atoms with Gasteiger partial charge in [0.2, 0.25) is 0 Å². The molecule has 0 radical (unpaired) electrons. The molecule has 0 rings (SSSR count). The number of phosphoric ester groups is 2. The van der Waals surface area contributed by atoms with Crippen LogP contribution >= 0.6 is 15.6 Å². The number of phosphoric acid groups is 2. The number of carbonyl (C=O) groups excluding carboxylic acids is 4.